The van der Waals surface area contributed by atoms with E-state index < -0.39 is 0 Å². The maximum absolute atomic E-state index is 12.1. The first-order valence-corrected chi connectivity index (χ1v) is 6.97. The van der Waals surface area contributed by atoms with Crippen LogP contribution in [-0.4, -0.2) is 24.5 Å². The van der Waals surface area contributed by atoms with Crippen molar-refractivity contribution in [3.8, 4) is 5.75 Å². The first kappa shape index (κ1) is 13.6. The summed E-state index contributed by atoms with van der Waals surface area (Å²) in [5, 5.41) is 2.91. The average molecular weight is 282 g/mol. The second-order valence-electron chi connectivity index (χ2n) is 5.19. The normalized spacial score (nSPS) is 13.8. The fourth-order valence-corrected chi connectivity index (χ4v) is 2.62. The molecule has 0 aliphatic carbocycles. The van der Waals surface area contributed by atoms with E-state index in [0.29, 0.717) is 6.54 Å². The molecule has 2 aromatic carbocycles. The topological polar surface area (TPSA) is 41.6 Å². The highest BCUT2D eigenvalue weighted by molar-refractivity contribution is 5.92. The maximum Gasteiger partial charge on any atom is 0.238 e. The second kappa shape index (κ2) is 5.97. The first-order valence-electron chi connectivity index (χ1n) is 6.97. The number of benzene rings is 2. The van der Waals surface area contributed by atoms with E-state index in [4.69, 9.17) is 4.74 Å². The smallest absolute Gasteiger partial charge is 0.238 e. The molecule has 0 bridgehead atoms. The van der Waals surface area contributed by atoms with Gasteiger partial charge in [-0.05, 0) is 23.3 Å². The Morgan fingerprint density at radius 3 is 2.52 bits per heavy atom. The van der Waals surface area contributed by atoms with Crippen LogP contribution in [-0.2, 0) is 17.9 Å². The minimum Gasteiger partial charge on any atom is -0.497 e. The van der Waals surface area contributed by atoms with Gasteiger partial charge in [0.15, 0.2) is 0 Å². The van der Waals surface area contributed by atoms with Crippen molar-refractivity contribution in [1.82, 2.24) is 4.90 Å². The van der Waals surface area contributed by atoms with Gasteiger partial charge in [0, 0.05) is 24.8 Å². The maximum atomic E-state index is 12.1. The Bertz CT molecular complexity index is 630. The molecule has 0 fully saturated rings. The van der Waals surface area contributed by atoms with Crippen molar-refractivity contribution in [1.29, 1.82) is 0 Å². The van der Waals surface area contributed by atoms with E-state index in [-0.39, 0.29) is 5.91 Å². The Morgan fingerprint density at radius 2 is 1.86 bits per heavy atom. The highest BCUT2D eigenvalue weighted by Gasteiger charge is 2.20. The number of ether oxygens (including phenoxy) is 1. The van der Waals surface area contributed by atoms with Crippen molar-refractivity contribution in [3.05, 3.63) is 59.7 Å². The summed E-state index contributed by atoms with van der Waals surface area (Å²) in [7, 11) is 1.61. The van der Waals surface area contributed by atoms with Crippen molar-refractivity contribution < 1.29 is 9.53 Å². The zero-order valence-corrected chi connectivity index (χ0v) is 12.0. The third-order valence-corrected chi connectivity index (χ3v) is 3.63. The standard InChI is InChI=1S/C17H18N2O2/c1-21-16-8-4-7-15(9-16)18-17(20)12-19-10-13-5-2-3-6-14(13)11-19/h2-9H,10-12H2,1H3,(H,18,20). The van der Waals surface area contributed by atoms with Crippen LogP contribution in [0.25, 0.3) is 0 Å². The molecule has 3 rings (SSSR count). The van der Waals surface area contributed by atoms with Gasteiger partial charge >= 0.3 is 0 Å². The zero-order valence-electron chi connectivity index (χ0n) is 12.0. The predicted octanol–water partition coefficient (Wildman–Crippen LogP) is 2.65. The van der Waals surface area contributed by atoms with Crippen molar-refractivity contribution in [2.24, 2.45) is 0 Å². The zero-order chi connectivity index (χ0) is 14.7. The molecule has 1 heterocycles. The second-order valence-corrected chi connectivity index (χ2v) is 5.19. The Balaban J connectivity index is 1.58. The van der Waals surface area contributed by atoms with E-state index in [9.17, 15) is 4.79 Å². The van der Waals surface area contributed by atoms with E-state index >= 15 is 0 Å². The van der Waals surface area contributed by atoms with Crippen LogP contribution in [0.15, 0.2) is 48.5 Å². The molecule has 1 amide bonds. The van der Waals surface area contributed by atoms with Gasteiger partial charge < -0.3 is 10.1 Å². The number of amides is 1. The van der Waals surface area contributed by atoms with Gasteiger partial charge in [-0.3, -0.25) is 9.69 Å². The van der Waals surface area contributed by atoms with E-state index in [1.54, 1.807) is 7.11 Å². The highest BCUT2D eigenvalue weighted by atomic mass is 16.5. The molecule has 0 spiro atoms. The number of rotatable bonds is 4. The van der Waals surface area contributed by atoms with Crippen molar-refractivity contribution in [3.63, 3.8) is 0 Å². The summed E-state index contributed by atoms with van der Waals surface area (Å²) in [6, 6.07) is 15.7. The molecule has 0 aromatic heterocycles. The van der Waals surface area contributed by atoms with Crippen LogP contribution in [0.4, 0.5) is 5.69 Å². The Labute approximate surface area is 124 Å². The number of hydrogen-bond donors (Lipinski definition) is 1. The number of nitrogens with one attached hydrogen (secondary N) is 1. The van der Waals surface area contributed by atoms with Crippen molar-refractivity contribution in [2.75, 3.05) is 19.0 Å². The number of carbonyl (C=O) groups excluding carboxylic acids is 1. The third kappa shape index (κ3) is 3.23. The number of anilines is 1. The summed E-state index contributed by atoms with van der Waals surface area (Å²) in [6.45, 7) is 2.06. The molecule has 2 aromatic rings. The van der Waals surface area contributed by atoms with Gasteiger partial charge in [-0.25, -0.2) is 0 Å². The van der Waals surface area contributed by atoms with Crippen LogP contribution in [0.5, 0.6) is 5.75 Å². The van der Waals surface area contributed by atoms with Crippen LogP contribution in [0.1, 0.15) is 11.1 Å². The lowest BCUT2D eigenvalue weighted by molar-refractivity contribution is -0.117. The Morgan fingerprint density at radius 1 is 1.14 bits per heavy atom. The number of fused-ring (bicyclic) bond motifs is 1. The summed E-state index contributed by atoms with van der Waals surface area (Å²) in [5.74, 6) is 0.734. The molecule has 21 heavy (non-hydrogen) atoms. The molecule has 0 saturated heterocycles. The number of nitrogens with zero attached hydrogens (tertiary/aromatic N) is 1. The van der Waals surface area contributed by atoms with E-state index in [1.807, 2.05) is 36.4 Å². The lowest BCUT2D eigenvalue weighted by atomic mass is 10.1. The van der Waals surface area contributed by atoms with Gasteiger partial charge in [0.25, 0.3) is 0 Å². The highest BCUT2D eigenvalue weighted by Crippen LogP contribution is 2.22. The van der Waals surface area contributed by atoms with Crippen LogP contribution < -0.4 is 10.1 Å². The summed E-state index contributed by atoms with van der Waals surface area (Å²) in [5.41, 5.74) is 3.38. The van der Waals surface area contributed by atoms with Gasteiger partial charge in [-0.15, -0.1) is 0 Å². The molecule has 0 saturated carbocycles. The molecule has 0 radical (unpaired) electrons. The molecule has 108 valence electrons. The molecular weight excluding hydrogens is 264 g/mol. The molecule has 4 heteroatoms. The monoisotopic (exact) mass is 282 g/mol. The van der Waals surface area contributed by atoms with Crippen LogP contribution in [0, 0.1) is 0 Å². The molecule has 4 nitrogen and oxygen atoms in total. The van der Waals surface area contributed by atoms with Gasteiger partial charge in [0.1, 0.15) is 5.75 Å². The Kier molecular flexibility index (Phi) is 3.88. The largest absolute Gasteiger partial charge is 0.497 e. The molecule has 1 N–H and O–H groups in total. The van der Waals surface area contributed by atoms with Gasteiger partial charge in [-0.2, -0.15) is 0 Å². The predicted molar refractivity (Wildman–Crippen MR) is 82.2 cm³/mol. The average Bonchev–Trinajstić information content (AvgIpc) is 2.89. The minimum absolute atomic E-state index is 0.00365. The van der Waals surface area contributed by atoms with Gasteiger partial charge in [-0.1, -0.05) is 30.3 Å². The van der Waals surface area contributed by atoms with E-state index in [1.165, 1.54) is 11.1 Å². The third-order valence-electron chi connectivity index (χ3n) is 3.63. The molecular formula is C17H18N2O2. The number of hydrogen-bond acceptors (Lipinski definition) is 3. The first-order chi connectivity index (χ1) is 10.2. The Hall–Kier alpha value is -2.33. The number of carbonyl (C=O) groups is 1. The van der Waals surface area contributed by atoms with Gasteiger partial charge in [0.05, 0.1) is 13.7 Å². The molecule has 1 aliphatic heterocycles. The van der Waals surface area contributed by atoms with Crippen molar-refractivity contribution >= 4 is 11.6 Å². The quantitative estimate of drug-likeness (QED) is 0.937. The van der Waals surface area contributed by atoms with Crippen LogP contribution >= 0.6 is 0 Å². The molecule has 0 unspecified atom stereocenters. The van der Waals surface area contributed by atoms with Crippen molar-refractivity contribution in [2.45, 2.75) is 13.1 Å². The summed E-state index contributed by atoms with van der Waals surface area (Å²) in [4.78, 5) is 14.3. The fraction of sp³-hybridized carbons (Fsp3) is 0.235. The van der Waals surface area contributed by atoms with Crippen LogP contribution in [0.2, 0.25) is 0 Å². The fourth-order valence-electron chi connectivity index (χ4n) is 2.62. The van der Waals surface area contributed by atoms with Gasteiger partial charge in [0.2, 0.25) is 5.91 Å². The summed E-state index contributed by atoms with van der Waals surface area (Å²) >= 11 is 0. The summed E-state index contributed by atoms with van der Waals surface area (Å²) in [6.07, 6.45) is 0. The molecule has 1 aliphatic rings. The van der Waals surface area contributed by atoms with Crippen LogP contribution in [0.3, 0.4) is 0 Å². The minimum atomic E-state index is -0.00365. The number of methoxy groups -OCH3 is 1. The SMILES string of the molecule is COc1cccc(NC(=O)CN2Cc3ccccc3C2)c1. The van der Waals surface area contributed by atoms with E-state index in [0.717, 1.165) is 24.5 Å². The lowest BCUT2D eigenvalue weighted by Crippen LogP contribution is -2.29. The lowest BCUT2D eigenvalue weighted by Gasteiger charge is -2.14. The van der Waals surface area contributed by atoms with E-state index in [2.05, 4.69) is 22.3 Å². The summed E-state index contributed by atoms with van der Waals surface area (Å²) < 4.78 is 5.15. The molecule has 0 atom stereocenters.